The average Bonchev–Trinajstić information content (AvgIpc) is 3.29. The Morgan fingerprint density at radius 1 is 1.11 bits per heavy atom. The number of thiophene rings is 1. The Morgan fingerprint density at radius 2 is 1.93 bits per heavy atom. The zero-order chi connectivity index (χ0) is 18.4. The fraction of sp³-hybridized carbons (Fsp3) is 0.190. The summed E-state index contributed by atoms with van der Waals surface area (Å²) in [5.74, 6) is 0.0715. The van der Waals surface area contributed by atoms with Crippen LogP contribution in [0.2, 0.25) is 0 Å². The van der Waals surface area contributed by atoms with Crippen LogP contribution in [0.4, 0.5) is 0 Å². The number of aromatic nitrogens is 3. The summed E-state index contributed by atoms with van der Waals surface area (Å²) in [5, 5.41) is 7.58. The third-order valence-corrected chi connectivity index (χ3v) is 5.85. The van der Waals surface area contributed by atoms with Gasteiger partial charge in [0.2, 0.25) is 0 Å². The lowest BCUT2D eigenvalue weighted by atomic mass is 10.1. The van der Waals surface area contributed by atoms with Crippen LogP contribution in [0.3, 0.4) is 0 Å². The number of rotatable bonds is 3. The van der Waals surface area contributed by atoms with Crippen molar-refractivity contribution >= 4 is 28.3 Å². The molecule has 0 saturated carbocycles. The summed E-state index contributed by atoms with van der Waals surface area (Å²) < 4.78 is 1.84. The van der Waals surface area contributed by atoms with E-state index in [0.29, 0.717) is 5.56 Å². The minimum Gasteiger partial charge on any atom is -0.338 e. The maximum atomic E-state index is 13.1. The van der Waals surface area contributed by atoms with Crippen LogP contribution in [0.25, 0.3) is 27.3 Å². The van der Waals surface area contributed by atoms with Gasteiger partial charge in [-0.15, -0.1) is 11.3 Å². The second kappa shape index (κ2) is 6.32. The maximum absolute atomic E-state index is 13.1. The van der Waals surface area contributed by atoms with Crippen LogP contribution in [-0.2, 0) is 0 Å². The van der Waals surface area contributed by atoms with Crippen molar-refractivity contribution in [1.82, 2.24) is 19.7 Å². The Kier molecular flexibility index (Phi) is 3.79. The first kappa shape index (κ1) is 16.2. The summed E-state index contributed by atoms with van der Waals surface area (Å²) >= 11 is 1.62. The molecule has 1 fully saturated rings. The van der Waals surface area contributed by atoms with Gasteiger partial charge in [-0.3, -0.25) is 4.79 Å². The topological polar surface area (TPSA) is 51.0 Å². The first-order valence-electron chi connectivity index (χ1n) is 9.01. The van der Waals surface area contributed by atoms with Crippen LogP contribution in [0.1, 0.15) is 22.5 Å². The summed E-state index contributed by atoms with van der Waals surface area (Å²) in [6.07, 6.45) is 1.07. The minimum atomic E-state index is 0.0715. The molecular weight excluding hydrogens is 356 g/mol. The average molecular weight is 374 g/mol. The molecule has 6 heteroatoms. The van der Waals surface area contributed by atoms with E-state index in [4.69, 9.17) is 10.1 Å². The van der Waals surface area contributed by atoms with Gasteiger partial charge in [0.05, 0.1) is 32.9 Å². The lowest BCUT2D eigenvalue weighted by Crippen LogP contribution is -2.42. The number of amides is 1. The highest BCUT2D eigenvalue weighted by Crippen LogP contribution is 2.31. The number of carbonyl (C=O) groups is 1. The van der Waals surface area contributed by atoms with Crippen molar-refractivity contribution in [1.29, 1.82) is 0 Å². The number of aryl methyl sites for hydroxylation is 1. The summed E-state index contributed by atoms with van der Waals surface area (Å²) in [5.41, 5.74) is 4.01. The third-order valence-electron chi connectivity index (χ3n) is 4.96. The first-order valence-corrected chi connectivity index (χ1v) is 9.89. The van der Waals surface area contributed by atoms with E-state index in [2.05, 4.69) is 0 Å². The van der Waals surface area contributed by atoms with Crippen molar-refractivity contribution in [3.05, 3.63) is 65.2 Å². The van der Waals surface area contributed by atoms with E-state index in [0.717, 1.165) is 52.5 Å². The summed E-state index contributed by atoms with van der Waals surface area (Å²) in [6.45, 7) is 3.59. The molecule has 0 bridgehead atoms. The molecule has 3 aromatic heterocycles. The van der Waals surface area contributed by atoms with Crippen LogP contribution in [0.15, 0.2) is 53.9 Å². The Bertz CT molecular complexity index is 1130. The number of hydrogen-bond acceptors (Lipinski definition) is 4. The van der Waals surface area contributed by atoms with Crippen LogP contribution < -0.4 is 0 Å². The molecule has 0 N–H and O–H groups in total. The van der Waals surface area contributed by atoms with Gasteiger partial charge in [0, 0.05) is 13.1 Å². The molecule has 5 nitrogen and oxygen atoms in total. The zero-order valence-electron chi connectivity index (χ0n) is 14.9. The van der Waals surface area contributed by atoms with Crippen molar-refractivity contribution in [2.24, 2.45) is 0 Å². The highest BCUT2D eigenvalue weighted by molar-refractivity contribution is 7.13. The summed E-state index contributed by atoms with van der Waals surface area (Å²) in [4.78, 5) is 21.0. The normalized spacial score (nSPS) is 13.7. The number of likely N-dealkylation sites (tertiary alicyclic amines) is 1. The van der Waals surface area contributed by atoms with E-state index in [9.17, 15) is 4.79 Å². The van der Waals surface area contributed by atoms with Gasteiger partial charge in [0.1, 0.15) is 0 Å². The van der Waals surface area contributed by atoms with Gasteiger partial charge < -0.3 is 4.90 Å². The molecule has 1 aliphatic rings. The van der Waals surface area contributed by atoms with E-state index in [-0.39, 0.29) is 5.91 Å². The van der Waals surface area contributed by atoms with Crippen molar-refractivity contribution < 1.29 is 4.79 Å². The Morgan fingerprint density at radius 3 is 2.59 bits per heavy atom. The second-order valence-corrected chi connectivity index (χ2v) is 7.66. The molecule has 4 heterocycles. The molecule has 1 amide bonds. The van der Waals surface area contributed by atoms with Gasteiger partial charge in [-0.25, -0.2) is 9.67 Å². The predicted octanol–water partition coefficient (Wildman–Crippen LogP) is 4.30. The van der Waals surface area contributed by atoms with E-state index < -0.39 is 0 Å². The van der Waals surface area contributed by atoms with Gasteiger partial charge in [0.25, 0.3) is 5.91 Å². The number of pyridine rings is 1. The van der Waals surface area contributed by atoms with Crippen LogP contribution in [-0.4, -0.2) is 38.7 Å². The number of hydrogen-bond donors (Lipinski definition) is 0. The van der Waals surface area contributed by atoms with E-state index >= 15 is 0 Å². The molecule has 0 spiro atoms. The molecule has 1 aliphatic heterocycles. The smallest absolute Gasteiger partial charge is 0.254 e. The van der Waals surface area contributed by atoms with E-state index in [1.54, 1.807) is 11.3 Å². The molecule has 0 aliphatic carbocycles. The first-order chi connectivity index (χ1) is 13.2. The standard InChI is InChI=1S/C21H18N4OS/c1-14-19-16(21(26)24-10-6-11-24)13-17(18-9-5-12-27-18)22-20(19)25(23-14)15-7-3-2-4-8-15/h2-5,7-9,12-13H,6,10-11H2,1H3. The lowest BCUT2D eigenvalue weighted by Gasteiger charge is -2.31. The predicted molar refractivity (Wildman–Crippen MR) is 107 cm³/mol. The quantitative estimate of drug-likeness (QED) is 0.537. The number of nitrogens with zero attached hydrogens (tertiary/aromatic N) is 4. The van der Waals surface area contributed by atoms with Crippen LogP contribution >= 0.6 is 11.3 Å². The molecule has 27 heavy (non-hydrogen) atoms. The number of fused-ring (bicyclic) bond motifs is 1. The Balaban J connectivity index is 1.79. The van der Waals surface area contributed by atoms with Crippen molar-refractivity contribution in [3.8, 4) is 16.3 Å². The van der Waals surface area contributed by atoms with E-state index in [1.807, 2.05) is 70.4 Å². The molecule has 5 rings (SSSR count). The van der Waals surface area contributed by atoms with Crippen molar-refractivity contribution in [3.63, 3.8) is 0 Å². The van der Waals surface area contributed by atoms with Gasteiger partial charge in [-0.2, -0.15) is 5.10 Å². The fourth-order valence-electron chi connectivity index (χ4n) is 3.45. The molecule has 4 aromatic rings. The second-order valence-electron chi connectivity index (χ2n) is 6.71. The van der Waals surface area contributed by atoms with Gasteiger partial charge in [-0.1, -0.05) is 24.3 Å². The lowest BCUT2D eigenvalue weighted by molar-refractivity contribution is 0.0654. The highest BCUT2D eigenvalue weighted by Gasteiger charge is 2.27. The molecule has 0 radical (unpaired) electrons. The number of carbonyl (C=O) groups excluding carboxylic acids is 1. The fourth-order valence-corrected chi connectivity index (χ4v) is 4.13. The van der Waals surface area contributed by atoms with E-state index in [1.165, 1.54) is 0 Å². The van der Waals surface area contributed by atoms with Crippen molar-refractivity contribution in [2.45, 2.75) is 13.3 Å². The summed E-state index contributed by atoms with van der Waals surface area (Å²) in [7, 11) is 0. The zero-order valence-corrected chi connectivity index (χ0v) is 15.7. The number of para-hydroxylation sites is 1. The highest BCUT2D eigenvalue weighted by atomic mass is 32.1. The Labute approximate surface area is 160 Å². The molecule has 0 atom stereocenters. The summed E-state index contributed by atoms with van der Waals surface area (Å²) in [6, 6.07) is 15.9. The third kappa shape index (κ3) is 2.64. The van der Waals surface area contributed by atoms with Gasteiger partial charge >= 0.3 is 0 Å². The number of benzene rings is 1. The van der Waals surface area contributed by atoms with Crippen LogP contribution in [0, 0.1) is 6.92 Å². The van der Waals surface area contributed by atoms with Gasteiger partial charge in [0.15, 0.2) is 5.65 Å². The molecule has 1 aromatic carbocycles. The molecular formula is C21H18N4OS. The molecule has 1 saturated heterocycles. The van der Waals surface area contributed by atoms with Gasteiger partial charge in [-0.05, 0) is 43.0 Å². The van der Waals surface area contributed by atoms with Crippen molar-refractivity contribution in [2.75, 3.05) is 13.1 Å². The largest absolute Gasteiger partial charge is 0.338 e. The monoisotopic (exact) mass is 374 g/mol. The molecule has 134 valence electrons. The Hall–Kier alpha value is -2.99. The SMILES string of the molecule is Cc1nn(-c2ccccc2)c2nc(-c3cccs3)cc(C(=O)N3CCC3)c12. The molecule has 0 unspecified atom stereocenters. The maximum Gasteiger partial charge on any atom is 0.254 e. The minimum absolute atomic E-state index is 0.0715. The van der Waals surface area contributed by atoms with Crippen LogP contribution in [0.5, 0.6) is 0 Å².